The summed E-state index contributed by atoms with van der Waals surface area (Å²) >= 11 is 6.28. The number of pyridine rings is 1. The number of sulfonamides is 1. The second-order valence-corrected chi connectivity index (χ2v) is 28.7. The lowest BCUT2D eigenvalue weighted by molar-refractivity contribution is -0.384. The summed E-state index contributed by atoms with van der Waals surface area (Å²) in [5, 5.41) is 30.8. The first-order chi connectivity index (χ1) is 48.7. The quantitative estimate of drug-likeness (QED) is 0.0122. The van der Waals surface area contributed by atoms with Gasteiger partial charge in [-0.3, -0.25) is 58.7 Å². The Kier molecular flexibility index (Phi) is 22.5. The summed E-state index contributed by atoms with van der Waals surface area (Å²) in [7, 11) is -4.67. The van der Waals surface area contributed by atoms with E-state index < -0.39 is 61.1 Å². The number of H-pyrrole nitrogens is 1. The summed E-state index contributed by atoms with van der Waals surface area (Å²) in [6.45, 7) is 12.3. The molecule has 1 aliphatic carbocycles. The molecule has 3 saturated heterocycles. The van der Waals surface area contributed by atoms with Gasteiger partial charge >= 0.3 is 0 Å². The number of amides is 6. The Morgan fingerprint density at radius 1 is 0.832 bits per heavy atom. The number of nitro benzene ring substituents is 1. The van der Waals surface area contributed by atoms with Gasteiger partial charge in [0, 0.05) is 118 Å². The first-order valence-electron chi connectivity index (χ1n) is 34.0. The van der Waals surface area contributed by atoms with E-state index in [9.17, 15) is 47.3 Å². The van der Waals surface area contributed by atoms with Crippen molar-refractivity contribution in [1.29, 1.82) is 0 Å². The molecule has 7 heterocycles. The number of benzene rings is 4. The highest BCUT2D eigenvalue weighted by molar-refractivity contribution is 7.90. The van der Waals surface area contributed by atoms with Gasteiger partial charge in [0.1, 0.15) is 34.6 Å². The molecule has 0 bridgehead atoms. The molecule has 3 aromatic heterocycles. The topological polar surface area (TPSA) is 337 Å². The normalized spacial score (nSPS) is 17.5. The number of anilines is 3. The summed E-state index contributed by atoms with van der Waals surface area (Å²) in [5.74, 6) is -2.80. The van der Waals surface area contributed by atoms with Crippen molar-refractivity contribution in [2.75, 3.05) is 107 Å². The minimum absolute atomic E-state index is 0.00433. The maximum atomic E-state index is 14.2. The Morgan fingerprint density at radius 2 is 1.60 bits per heavy atom. The molecular weight excluding hydrogens is 1340 g/mol. The molecule has 0 radical (unpaired) electrons. The molecule has 0 saturated carbocycles. The van der Waals surface area contributed by atoms with Crippen LogP contribution in [0.15, 0.2) is 120 Å². The number of halogens is 1. The van der Waals surface area contributed by atoms with E-state index in [0.717, 1.165) is 60.9 Å². The molecule has 7 aromatic rings. The van der Waals surface area contributed by atoms with Crippen LogP contribution in [0.3, 0.4) is 0 Å². The monoisotopic (exact) mass is 1420 g/mol. The van der Waals surface area contributed by atoms with Crippen LogP contribution < -0.4 is 30.3 Å². The third kappa shape index (κ3) is 17.6. The molecule has 1 unspecified atom stereocenters. The zero-order valence-electron chi connectivity index (χ0n) is 56.3. The number of likely N-dealkylation sites (tertiary alicyclic amines) is 1. The molecule has 30 heteroatoms. The van der Waals surface area contributed by atoms with Crippen LogP contribution in [0.25, 0.3) is 16.6 Å². The van der Waals surface area contributed by atoms with Crippen molar-refractivity contribution in [3.05, 3.63) is 158 Å². The molecular formula is C71H81ClN14O14S. The van der Waals surface area contributed by atoms with Gasteiger partial charge in [-0.15, -0.1) is 5.10 Å². The highest BCUT2D eigenvalue weighted by atomic mass is 35.5. The number of rotatable bonds is 30. The van der Waals surface area contributed by atoms with E-state index in [1.54, 1.807) is 47.4 Å². The molecule has 4 aliphatic heterocycles. The molecule has 5 aliphatic rings. The van der Waals surface area contributed by atoms with Gasteiger partial charge in [0.15, 0.2) is 0 Å². The fourth-order valence-electron chi connectivity index (χ4n) is 13.4. The lowest BCUT2D eigenvalue weighted by atomic mass is 9.72. The van der Waals surface area contributed by atoms with Crippen LogP contribution in [0.1, 0.15) is 114 Å². The van der Waals surface area contributed by atoms with Gasteiger partial charge in [0.25, 0.3) is 33.4 Å². The highest BCUT2D eigenvalue weighted by Crippen LogP contribution is 2.44. The van der Waals surface area contributed by atoms with Crippen molar-refractivity contribution in [2.24, 2.45) is 11.3 Å². The van der Waals surface area contributed by atoms with Gasteiger partial charge in [-0.05, 0) is 128 Å². The van der Waals surface area contributed by atoms with E-state index >= 15 is 0 Å². The van der Waals surface area contributed by atoms with Gasteiger partial charge in [-0.1, -0.05) is 54.4 Å². The number of fused-ring (bicyclic) bond motifs is 2. The van der Waals surface area contributed by atoms with Crippen LogP contribution in [0.5, 0.6) is 11.5 Å². The van der Waals surface area contributed by atoms with Crippen molar-refractivity contribution in [3.63, 3.8) is 0 Å². The van der Waals surface area contributed by atoms with E-state index in [4.69, 9.17) is 30.5 Å². The number of piperazine rings is 1. The van der Waals surface area contributed by atoms with E-state index in [0.29, 0.717) is 126 Å². The number of piperidine rings is 2. The molecule has 101 heavy (non-hydrogen) atoms. The predicted molar refractivity (Wildman–Crippen MR) is 375 cm³/mol. The van der Waals surface area contributed by atoms with Crippen molar-refractivity contribution in [3.8, 4) is 11.5 Å². The third-order valence-electron chi connectivity index (χ3n) is 19.0. The minimum Gasteiger partial charge on any atom is -0.455 e. The maximum absolute atomic E-state index is 14.2. The molecule has 1 atom stereocenters. The van der Waals surface area contributed by atoms with E-state index in [-0.39, 0.29) is 71.4 Å². The zero-order valence-corrected chi connectivity index (χ0v) is 57.8. The summed E-state index contributed by atoms with van der Waals surface area (Å²) in [6.07, 6.45) is 10.4. The Balaban J connectivity index is 0.552. The summed E-state index contributed by atoms with van der Waals surface area (Å²) < 4.78 is 55.2. The number of nitro groups is 1. The molecule has 3 fully saturated rings. The van der Waals surface area contributed by atoms with Crippen molar-refractivity contribution in [1.82, 2.24) is 49.7 Å². The molecule has 5 N–H and O–H groups in total. The molecule has 0 spiro atoms. The van der Waals surface area contributed by atoms with Crippen LogP contribution in [-0.4, -0.2) is 186 Å². The molecule has 28 nitrogen and oxygen atoms in total. The minimum atomic E-state index is -4.67. The largest absolute Gasteiger partial charge is 0.455 e. The average Bonchev–Trinajstić information content (AvgIpc) is 1.58. The van der Waals surface area contributed by atoms with Crippen LogP contribution >= 0.6 is 11.6 Å². The van der Waals surface area contributed by atoms with Crippen LogP contribution in [0, 0.1) is 21.4 Å². The number of hydrogen-bond donors (Lipinski definition) is 5. The first-order valence-corrected chi connectivity index (χ1v) is 35.9. The first kappa shape index (κ1) is 71.2. The summed E-state index contributed by atoms with van der Waals surface area (Å²) in [4.78, 5) is 104. The molecule has 6 amide bonds. The van der Waals surface area contributed by atoms with E-state index in [2.05, 4.69) is 76.7 Å². The second-order valence-electron chi connectivity index (χ2n) is 26.6. The molecule has 12 rings (SSSR count). The van der Waals surface area contributed by atoms with E-state index in [1.807, 2.05) is 23.1 Å². The number of imide groups is 2. The number of aryl methyl sites for hydroxylation is 1. The van der Waals surface area contributed by atoms with Crippen molar-refractivity contribution in [2.45, 2.75) is 95.7 Å². The van der Waals surface area contributed by atoms with Gasteiger partial charge in [-0.2, -0.15) is 0 Å². The molecule has 532 valence electrons. The SMILES string of the molecule is CC1(C)CCC(CN2CCN(c3ccc(C(=O)NS(=O)(=O)c4ccc(NCC5CCN(C(=O)CCCn6cc(COCCOCCOCCNc7cccc8c7C(=O)N(C7CCC(=O)NC7=O)C8=O)nn6)CC5)c([N+](=O)[O-])c4)c(Oc4cnc5[nH]ccc5c4)c3)CC2)=C(c2ccc(Cl)cc2)C1. The van der Waals surface area contributed by atoms with Crippen LogP contribution in [0.2, 0.25) is 5.02 Å². The maximum Gasteiger partial charge on any atom is 0.293 e. The fraction of sp³-hybridized carbons (Fsp3) is 0.423. The zero-order chi connectivity index (χ0) is 70.8. The van der Waals surface area contributed by atoms with Gasteiger partial charge < -0.3 is 44.4 Å². The third-order valence-corrected chi connectivity index (χ3v) is 20.6. The summed E-state index contributed by atoms with van der Waals surface area (Å²) in [6, 6.07) is 24.0. The second kappa shape index (κ2) is 31.9. The van der Waals surface area contributed by atoms with Gasteiger partial charge in [-0.25, -0.2) is 18.1 Å². The lowest BCUT2D eigenvalue weighted by Crippen LogP contribution is -2.54. The Hall–Kier alpha value is -9.65. The van der Waals surface area contributed by atoms with Crippen LogP contribution in [-0.2, 0) is 51.8 Å². The standard InChI is InChI=1S/C71H81ClN14O14S/c1-71(2)22-18-49(57(40-71)47-8-10-50(72)11-9-47)43-81-28-30-82(31-29-81)52-12-14-55(62(38-52)100-53-37-48-19-23-74-66(48)76-42-53)67(89)79-101(95,96)54-13-15-58(61(39-54)86(93)94)75-41-46-20-26-83(27-21-46)64(88)7-4-25-84-44-51(78-80-84)45-99-36-35-98-34-33-97-32-24-73-59-6-3-5-56-65(59)70(92)85(69(56)91)60-16-17-63(87)77-68(60)90/h3,5-6,8-15,19,23,37-39,42,44,46,60,73,75H,4,7,16-18,20-22,24-36,40-41,43,45H2,1-2H3,(H,74,76)(H,79,89)(H,77,87,90). The predicted octanol–water partition coefficient (Wildman–Crippen LogP) is 8.61. The number of aromatic amines is 1. The number of hydrogen-bond acceptors (Lipinski definition) is 21. The smallest absolute Gasteiger partial charge is 0.293 e. The number of carbonyl (C=O) groups is 6. The Labute approximate surface area is 588 Å². The van der Waals surface area contributed by atoms with Crippen molar-refractivity contribution < 1.29 is 61.1 Å². The lowest BCUT2D eigenvalue weighted by Gasteiger charge is -2.39. The Bertz CT molecular complexity index is 4390. The number of aromatic nitrogens is 5. The van der Waals surface area contributed by atoms with Crippen molar-refractivity contribution >= 4 is 96.4 Å². The Morgan fingerprint density at radius 3 is 2.38 bits per heavy atom. The molecule has 4 aromatic carbocycles. The summed E-state index contributed by atoms with van der Waals surface area (Å²) in [5.41, 5.74) is 6.61. The number of nitrogens with one attached hydrogen (secondary N) is 5. The highest BCUT2D eigenvalue weighted by Gasteiger charge is 2.46. The van der Waals surface area contributed by atoms with E-state index in [1.165, 1.54) is 47.2 Å². The number of carbonyl (C=O) groups excluding carboxylic acids is 6. The number of ether oxygens (including phenoxy) is 4. The van der Waals surface area contributed by atoms with Gasteiger partial charge in [0.05, 0.1) is 78.5 Å². The average molecular weight is 1420 g/mol. The number of nitrogens with zero attached hydrogens (tertiary/aromatic N) is 9. The van der Waals surface area contributed by atoms with Crippen LogP contribution in [0.4, 0.5) is 22.7 Å². The number of allylic oxidation sites excluding steroid dienone is 1. The van der Waals surface area contributed by atoms with Gasteiger partial charge in [0.2, 0.25) is 17.7 Å². The fourth-order valence-corrected chi connectivity index (χ4v) is 14.5.